The third kappa shape index (κ3) is 5.60. The first-order chi connectivity index (χ1) is 15.0. The van der Waals surface area contributed by atoms with Crippen LogP contribution in [0.1, 0.15) is 12.5 Å². The first-order valence-electron chi connectivity index (χ1n) is 9.46. The molecule has 3 aromatic rings. The molecule has 8 heteroatoms. The van der Waals surface area contributed by atoms with E-state index in [1.807, 2.05) is 42.8 Å². The van der Waals surface area contributed by atoms with Gasteiger partial charge in [0.1, 0.15) is 18.4 Å². The summed E-state index contributed by atoms with van der Waals surface area (Å²) in [7, 11) is 1.84. The Labute approximate surface area is 179 Å². The van der Waals surface area contributed by atoms with E-state index in [2.05, 4.69) is 27.4 Å². The largest absolute Gasteiger partial charge is 0.464 e. The lowest BCUT2D eigenvalue weighted by atomic mass is 10.1. The lowest BCUT2D eigenvalue weighted by Crippen LogP contribution is -2.02. The van der Waals surface area contributed by atoms with Crippen molar-refractivity contribution in [2.75, 3.05) is 19.0 Å². The molecule has 162 valence electrons. The van der Waals surface area contributed by atoms with Crippen LogP contribution >= 0.6 is 0 Å². The number of ether oxygens (including phenoxy) is 2. The highest BCUT2D eigenvalue weighted by Crippen LogP contribution is 2.35. The van der Waals surface area contributed by atoms with Gasteiger partial charge in [0.15, 0.2) is 0 Å². The second-order valence-corrected chi connectivity index (χ2v) is 6.18. The molecule has 0 spiro atoms. The summed E-state index contributed by atoms with van der Waals surface area (Å²) in [6.07, 6.45) is 1.51. The van der Waals surface area contributed by atoms with Crippen LogP contribution in [0, 0.1) is 11.3 Å². The van der Waals surface area contributed by atoms with Crippen molar-refractivity contribution >= 4 is 23.1 Å². The van der Waals surface area contributed by atoms with E-state index in [0.29, 0.717) is 30.7 Å². The summed E-state index contributed by atoms with van der Waals surface area (Å²) in [6, 6.07) is 14.7. The molecule has 3 rings (SSSR count). The number of rotatable bonds is 8. The zero-order valence-electron chi connectivity index (χ0n) is 17.3. The number of halogens is 2. The maximum Gasteiger partial charge on any atom is 0.387 e. The Bertz CT molecular complexity index is 1060. The maximum absolute atomic E-state index is 12.5. The van der Waals surface area contributed by atoms with Crippen LogP contribution in [0.2, 0.25) is 0 Å². The van der Waals surface area contributed by atoms with Crippen LogP contribution in [-0.2, 0) is 16.1 Å². The van der Waals surface area contributed by atoms with Gasteiger partial charge < -0.3 is 19.4 Å². The summed E-state index contributed by atoms with van der Waals surface area (Å²) in [5.74, 6) is 0.0799. The first kappa shape index (κ1) is 23.4. The summed E-state index contributed by atoms with van der Waals surface area (Å²) in [5, 5.41) is 13.5. The smallest absolute Gasteiger partial charge is 0.387 e. The Hall–Kier alpha value is -3.86. The Morgan fingerprint density at radius 1 is 1.26 bits per heavy atom. The van der Waals surface area contributed by atoms with E-state index in [0.717, 1.165) is 22.3 Å². The lowest BCUT2D eigenvalue weighted by molar-refractivity contribution is -0.127. The average Bonchev–Trinajstić information content (AvgIpc) is 3.10. The molecular weight excluding hydrogens is 404 g/mol. The van der Waals surface area contributed by atoms with Gasteiger partial charge in [-0.05, 0) is 36.8 Å². The molecule has 1 heterocycles. The van der Waals surface area contributed by atoms with Crippen LogP contribution < -0.4 is 10.1 Å². The van der Waals surface area contributed by atoms with Crippen molar-refractivity contribution in [1.82, 2.24) is 4.57 Å². The van der Waals surface area contributed by atoms with E-state index in [1.165, 1.54) is 12.1 Å². The Morgan fingerprint density at radius 3 is 2.45 bits per heavy atom. The number of alkyl halides is 2. The van der Waals surface area contributed by atoms with Crippen LogP contribution in [0.4, 0.5) is 14.5 Å². The van der Waals surface area contributed by atoms with Crippen molar-refractivity contribution in [1.29, 1.82) is 5.26 Å². The molecule has 0 unspecified atom stereocenters. The number of aryl methyl sites for hydroxylation is 1. The fraction of sp³-hybridized carbons (Fsp3) is 0.217. The third-order valence-corrected chi connectivity index (χ3v) is 4.42. The molecule has 0 bridgehead atoms. The molecule has 2 aromatic carbocycles. The molecular formula is C23H23F2N3O3. The van der Waals surface area contributed by atoms with Gasteiger partial charge in [0.25, 0.3) is 6.47 Å². The number of carbonyl (C=O) groups excluding carboxylic acids is 1. The number of nitriles is 1. The molecule has 0 amide bonds. The van der Waals surface area contributed by atoms with Gasteiger partial charge in [0.2, 0.25) is 0 Å². The van der Waals surface area contributed by atoms with E-state index in [1.54, 1.807) is 12.1 Å². The van der Waals surface area contributed by atoms with Gasteiger partial charge >= 0.3 is 6.61 Å². The summed E-state index contributed by atoms with van der Waals surface area (Å²) < 4.78 is 35.6. The van der Waals surface area contributed by atoms with Crippen LogP contribution in [0.15, 0.2) is 55.1 Å². The van der Waals surface area contributed by atoms with Gasteiger partial charge in [-0.2, -0.15) is 14.0 Å². The van der Waals surface area contributed by atoms with Gasteiger partial charge in [-0.25, -0.2) is 0 Å². The van der Waals surface area contributed by atoms with Crippen LogP contribution in [0.5, 0.6) is 5.75 Å². The second-order valence-electron chi connectivity index (χ2n) is 6.18. The van der Waals surface area contributed by atoms with Crippen molar-refractivity contribution in [3.63, 3.8) is 0 Å². The molecule has 0 aliphatic heterocycles. The number of carbonyl (C=O) groups is 1. The molecule has 1 N–H and O–H groups in total. The number of aromatic nitrogens is 1. The SMILES string of the molecule is C=CCOC=O.CCn1c(-c2ccc(NC)cc2)c(C#N)c2ccc(OC(F)F)cc21. The van der Waals surface area contributed by atoms with Gasteiger partial charge in [0, 0.05) is 30.7 Å². The number of fused-ring (bicyclic) bond motifs is 1. The number of hydrogen-bond acceptors (Lipinski definition) is 5. The van der Waals surface area contributed by atoms with E-state index >= 15 is 0 Å². The van der Waals surface area contributed by atoms with Crippen LogP contribution in [-0.4, -0.2) is 31.3 Å². The molecule has 0 atom stereocenters. The molecule has 0 radical (unpaired) electrons. The molecule has 0 fully saturated rings. The normalized spacial score (nSPS) is 10.1. The number of nitrogens with one attached hydrogen (secondary N) is 1. The Morgan fingerprint density at radius 2 is 1.97 bits per heavy atom. The zero-order chi connectivity index (χ0) is 22.8. The quantitative estimate of drug-likeness (QED) is 0.304. The van der Waals surface area contributed by atoms with Crippen molar-refractivity contribution in [3.05, 3.63) is 60.7 Å². The van der Waals surface area contributed by atoms with E-state index in [4.69, 9.17) is 0 Å². The van der Waals surface area contributed by atoms with E-state index in [-0.39, 0.29) is 5.75 Å². The van der Waals surface area contributed by atoms with Crippen LogP contribution in [0.3, 0.4) is 0 Å². The zero-order valence-corrected chi connectivity index (χ0v) is 17.3. The Balaban J connectivity index is 0.000000501. The van der Waals surface area contributed by atoms with Gasteiger partial charge in [-0.1, -0.05) is 24.8 Å². The summed E-state index contributed by atoms with van der Waals surface area (Å²) in [6.45, 7) is 3.68. The van der Waals surface area contributed by atoms with Crippen LogP contribution in [0.25, 0.3) is 22.2 Å². The minimum absolute atomic E-state index is 0.0799. The highest BCUT2D eigenvalue weighted by atomic mass is 19.3. The third-order valence-electron chi connectivity index (χ3n) is 4.42. The van der Waals surface area contributed by atoms with Gasteiger partial charge in [0.05, 0.1) is 16.8 Å². The minimum atomic E-state index is -2.88. The topological polar surface area (TPSA) is 76.3 Å². The molecule has 0 aliphatic carbocycles. The summed E-state index contributed by atoms with van der Waals surface area (Å²) in [4.78, 5) is 9.29. The predicted octanol–water partition coefficient (Wildman–Crippen LogP) is 5.19. The second kappa shape index (κ2) is 11.4. The number of hydrogen-bond donors (Lipinski definition) is 1. The summed E-state index contributed by atoms with van der Waals surface area (Å²) >= 11 is 0. The van der Waals surface area contributed by atoms with Crippen molar-refractivity contribution in [2.45, 2.75) is 20.1 Å². The van der Waals surface area contributed by atoms with Gasteiger partial charge in [-0.15, -0.1) is 0 Å². The molecule has 31 heavy (non-hydrogen) atoms. The summed E-state index contributed by atoms with van der Waals surface area (Å²) in [5.41, 5.74) is 3.86. The van der Waals surface area contributed by atoms with E-state index in [9.17, 15) is 18.8 Å². The van der Waals surface area contributed by atoms with E-state index < -0.39 is 6.61 Å². The fourth-order valence-corrected chi connectivity index (χ4v) is 3.15. The standard InChI is InChI=1S/C19H17F2N3O.C4H6O2/c1-3-24-17-10-14(25-19(20)21)8-9-15(17)16(11-22)18(24)12-4-6-13(23-2)7-5-12;1-2-3-6-4-5/h4-10,19,23H,3H2,1-2H3;2,4H,1,3H2. The highest BCUT2D eigenvalue weighted by molar-refractivity contribution is 5.95. The number of anilines is 1. The molecule has 0 saturated heterocycles. The number of nitrogens with zero attached hydrogens (tertiary/aromatic N) is 2. The van der Waals surface area contributed by atoms with Crippen molar-refractivity contribution in [2.24, 2.45) is 0 Å². The highest BCUT2D eigenvalue weighted by Gasteiger charge is 2.19. The monoisotopic (exact) mass is 427 g/mol. The molecule has 0 saturated carbocycles. The van der Waals surface area contributed by atoms with Crippen molar-refractivity contribution < 1.29 is 23.0 Å². The first-order valence-corrected chi connectivity index (χ1v) is 9.46. The molecule has 0 aliphatic rings. The van der Waals surface area contributed by atoms with Gasteiger partial charge in [-0.3, -0.25) is 4.79 Å². The van der Waals surface area contributed by atoms with Crippen molar-refractivity contribution in [3.8, 4) is 23.1 Å². The molecule has 6 nitrogen and oxygen atoms in total. The fourth-order valence-electron chi connectivity index (χ4n) is 3.15. The lowest BCUT2D eigenvalue weighted by Gasteiger charge is -2.10. The minimum Gasteiger partial charge on any atom is -0.464 e. The predicted molar refractivity (Wildman–Crippen MR) is 116 cm³/mol. The maximum atomic E-state index is 12.5. The number of benzene rings is 2. The molecule has 1 aromatic heterocycles. The average molecular weight is 427 g/mol. The Kier molecular flexibility index (Phi) is 8.58.